The van der Waals surface area contributed by atoms with Gasteiger partial charge in [-0.1, -0.05) is 20.8 Å². The molecule has 0 fully saturated rings. The fourth-order valence-corrected chi connectivity index (χ4v) is 1.82. The number of hydrogen-bond acceptors (Lipinski definition) is 3. The highest BCUT2D eigenvalue weighted by molar-refractivity contribution is 6.00. The standard InChI is InChI=1S/C15H24N2O/c1-4-14(17-10-9-11(2)3)15(18)12-5-7-13(16)8-6-12/h5-8,11,14,17H,4,9-10,16H2,1-3H3. The summed E-state index contributed by atoms with van der Waals surface area (Å²) in [5.41, 5.74) is 7.04. The molecule has 0 spiro atoms. The maximum absolute atomic E-state index is 12.3. The Kier molecular flexibility index (Phi) is 5.86. The topological polar surface area (TPSA) is 55.1 Å². The summed E-state index contributed by atoms with van der Waals surface area (Å²) < 4.78 is 0. The molecule has 0 aromatic heterocycles. The molecule has 3 heteroatoms. The monoisotopic (exact) mass is 248 g/mol. The first-order valence-electron chi connectivity index (χ1n) is 6.67. The van der Waals surface area contributed by atoms with Gasteiger partial charge in [0.2, 0.25) is 0 Å². The zero-order chi connectivity index (χ0) is 13.5. The highest BCUT2D eigenvalue weighted by Crippen LogP contribution is 2.10. The van der Waals surface area contributed by atoms with Crippen LogP contribution in [-0.2, 0) is 0 Å². The molecule has 18 heavy (non-hydrogen) atoms. The van der Waals surface area contributed by atoms with Gasteiger partial charge in [0.1, 0.15) is 0 Å². The molecule has 3 N–H and O–H groups in total. The Labute approximate surface area is 110 Å². The van der Waals surface area contributed by atoms with E-state index in [0.29, 0.717) is 11.6 Å². The summed E-state index contributed by atoms with van der Waals surface area (Å²) in [6.07, 6.45) is 1.90. The molecule has 0 aliphatic carbocycles. The fraction of sp³-hybridized carbons (Fsp3) is 0.533. The number of benzene rings is 1. The Bertz CT molecular complexity index is 371. The molecule has 1 atom stereocenters. The van der Waals surface area contributed by atoms with Crippen molar-refractivity contribution in [2.24, 2.45) is 5.92 Å². The van der Waals surface area contributed by atoms with Gasteiger partial charge in [0.25, 0.3) is 0 Å². The molecule has 0 aliphatic rings. The Hall–Kier alpha value is -1.35. The highest BCUT2D eigenvalue weighted by atomic mass is 16.1. The summed E-state index contributed by atoms with van der Waals surface area (Å²) in [6.45, 7) is 7.29. The van der Waals surface area contributed by atoms with E-state index in [1.165, 1.54) is 0 Å². The Morgan fingerprint density at radius 3 is 2.39 bits per heavy atom. The first-order chi connectivity index (χ1) is 8.54. The molecule has 0 aliphatic heterocycles. The average Bonchev–Trinajstić information content (AvgIpc) is 2.34. The number of nitrogens with one attached hydrogen (secondary N) is 1. The quantitative estimate of drug-likeness (QED) is 0.576. The average molecular weight is 248 g/mol. The van der Waals surface area contributed by atoms with Gasteiger partial charge in [-0.05, 0) is 49.6 Å². The van der Waals surface area contributed by atoms with Crippen LogP contribution in [0.2, 0.25) is 0 Å². The van der Waals surface area contributed by atoms with E-state index in [0.717, 1.165) is 24.9 Å². The fourth-order valence-electron chi connectivity index (χ4n) is 1.82. The number of carbonyl (C=O) groups excluding carboxylic acids is 1. The van der Waals surface area contributed by atoms with Crippen molar-refractivity contribution in [1.29, 1.82) is 0 Å². The van der Waals surface area contributed by atoms with Crippen LogP contribution in [0.15, 0.2) is 24.3 Å². The number of nitrogens with two attached hydrogens (primary N) is 1. The van der Waals surface area contributed by atoms with Gasteiger partial charge in [0.15, 0.2) is 5.78 Å². The molecular formula is C15H24N2O. The summed E-state index contributed by atoms with van der Waals surface area (Å²) >= 11 is 0. The lowest BCUT2D eigenvalue weighted by Gasteiger charge is -2.16. The summed E-state index contributed by atoms with van der Waals surface area (Å²) in [7, 11) is 0. The van der Waals surface area contributed by atoms with Crippen LogP contribution in [0.1, 0.15) is 44.0 Å². The van der Waals surface area contributed by atoms with Gasteiger partial charge in [-0.3, -0.25) is 4.79 Å². The third-order valence-electron chi connectivity index (χ3n) is 3.03. The van der Waals surface area contributed by atoms with Crippen LogP contribution in [0.5, 0.6) is 0 Å². The summed E-state index contributed by atoms with van der Waals surface area (Å²) in [4.78, 5) is 12.3. The van der Waals surface area contributed by atoms with Gasteiger partial charge in [0.05, 0.1) is 6.04 Å². The molecule has 1 aromatic rings. The largest absolute Gasteiger partial charge is 0.399 e. The number of rotatable bonds is 7. The van der Waals surface area contributed by atoms with Crippen molar-refractivity contribution in [2.45, 2.75) is 39.7 Å². The Morgan fingerprint density at radius 1 is 1.28 bits per heavy atom. The zero-order valence-electron chi connectivity index (χ0n) is 11.6. The van der Waals surface area contributed by atoms with Crippen molar-refractivity contribution >= 4 is 11.5 Å². The number of Topliss-reactive ketones (excluding diaryl/α,β-unsaturated/α-hetero) is 1. The van der Waals surface area contributed by atoms with E-state index < -0.39 is 0 Å². The normalized spacial score (nSPS) is 12.7. The SMILES string of the molecule is CCC(NCCC(C)C)C(=O)c1ccc(N)cc1. The molecule has 0 saturated carbocycles. The van der Waals surface area contributed by atoms with Gasteiger partial charge in [0, 0.05) is 11.3 Å². The Morgan fingerprint density at radius 2 is 1.89 bits per heavy atom. The second kappa shape index (κ2) is 7.17. The molecule has 0 saturated heterocycles. The molecule has 0 heterocycles. The molecule has 0 radical (unpaired) electrons. The van der Waals surface area contributed by atoms with Crippen LogP contribution in [0.3, 0.4) is 0 Å². The molecule has 1 unspecified atom stereocenters. The van der Waals surface area contributed by atoms with Gasteiger partial charge in [-0.15, -0.1) is 0 Å². The predicted molar refractivity (Wildman–Crippen MR) is 76.7 cm³/mol. The lowest BCUT2D eigenvalue weighted by molar-refractivity contribution is 0.0940. The van der Waals surface area contributed by atoms with Crippen molar-refractivity contribution in [3.05, 3.63) is 29.8 Å². The van der Waals surface area contributed by atoms with Crippen molar-refractivity contribution in [2.75, 3.05) is 12.3 Å². The van der Waals surface area contributed by atoms with Crippen molar-refractivity contribution in [3.8, 4) is 0 Å². The number of anilines is 1. The van der Waals surface area contributed by atoms with Gasteiger partial charge < -0.3 is 11.1 Å². The van der Waals surface area contributed by atoms with Crippen molar-refractivity contribution in [3.63, 3.8) is 0 Å². The van der Waals surface area contributed by atoms with E-state index >= 15 is 0 Å². The number of nitrogen functional groups attached to an aromatic ring is 1. The lowest BCUT2D eigenvalue weighted by Crippen LogP contribution is -2.37. The molecule has 100 valence electrons. The van der Waals surface area contributed by atoms with E-state index in [2.05, 4.69) is 19.2 Å². The summed E-state index contributed by atoms with van der Waals surface area (Å²) in [5, 5.41) is 3.33. The first-order valence-corrected chi connectivity index (χ1v) is 6.67. The minimum absolute atomic E-state index is 0.0904. The Balaban J connectivity index is 2.59. The van der Waals surface area contributed by atoms with Crippen LogP contribution in [0.25, 0.3) is 0 Å². The first kappa shape index (κ1) is 14.7. The van der Waals surface area contributed by atoms with Crippen LogP contribution < -0.4 is 11.1 Å². The van der Waals surface area contributed by atoms with Gasteiger partial charge >= 0.3 is 0 Å². The zero-order valence-corrected chi connectivity index (χ0v) is 11.6. The molecular weight excluding hydrogens is 224 g/mol. The number of ketones is 1. The van der Waals surface area contributed by atoms with Gasteiger partial charge in [-0.25, -0.2) is 0 Å². The van der Waals surface area contributed by atoms with Crippen molar-refractivity contribution < 1.29 is 4.79 Å². The van der Waals surface area contributed by atoms with E-state index in [4.69, 9.17) is 5.73 Å². The predicted octanol–water partition coefficient (Wildman–Crippen LogP) is 2.87. The van der Waals surface area contributed by atoms with Crippen LogP contribution >= 0.6 is 0 Å². The molecule has 0 bridgehead atoms. The maximum atomic E-state index is 12.3. The van der Waals surface area contributed by atoms with Crippen LogP contribution in [0, 0.1) is 5.92 Å². The second-order valence-corrected chi connectivity index (χ2v) is 5.08. The second-order valence-electron chi connectivity index (χ2n) is 5.08. The van der Waals surface area contributed by atoms with Crippen molar-refractivity contribution in [1.82, 2.24) is 5.32 Å². The molecule has 3 nitrogen and oxygen atoms in total. The maximum Gasteiger partial charge on any atom is 0.179 e. The van der Waals surface area contributed by atoms with E-state index in [9.17, 15) is 4.79 Å². The highest BCUT2D eigenvalue weighted by Gasteiger charge is 2.17. The third-order valence-corrected chi connectivity index (χ3v) is 3.03. The lowest BCUT2D eigenvalue weighted by atomic mass is 10.0. The van der Waals surface area contributed by atoms with Gasteiger partial charge in [-0.2, -0.15) is 0 Å². The van der Waals surface area contributed by atoms with E-state index in [1.807, 2.05) is 6.92 Å². The summed E-state index contributed by atoms with van der Waals surface area (Å²) in [6, 6.07) is 7.05. The van der Waals surface area contributed by atoms with E-state index in [-0.39, 0.29) is 11.8 Å². The number of hydrogen-bond donors (Lipinski definition) is 2. The third kappa shape index (κ3) is 4.49. The minimum Gasteiger partial charge on any atom is -0.399 e. The summed E-state index contributed by atoms with van der Waals surface area (Å²) in [5.74, 6) is 0.808. The molecule has 1 aromatic carbocycles. The minimum atomic E-state index is -0.0904. The molecule has 1 rings (SSSR count). The van der Waals surface area contributed by atoms with E-state index in [1.54, 1.807) is 24.3 Å². The van der Waals surface area contributed by atoms with Crippen LogP contribution in [-0.4, -0.2) is 18.4 Å². The number of carbonyl (C=O) groups is 1. The smallest absolute Gasteiger partial charge is 0.179 e. The van der Waals surface area contributed by atoms with Crippen LogP contribution in [0.4, 0.5) is 5.69 Å². The molecule has 0 amide bonds.